The van der Waals surface area contributed by atoms with Crippen molar-refractivity contribution in [1.29, 1.82) is 0 Å². The number of carbonyl (C=O) groups is 1. The zero-order valence-corrected chi connectivity index (χ0v) is 13.6. The molecule has 0 atom stereocenters. The number of halogens is 3. The quantitative estimate of drug-likeness (QED) is 0.813. The van der Waals surface area contributed by atoms with Gasteiger partial charge in [-0.05, 0) is 68.3 Å². The van der Waals surface area contributed by atoms with Gasteiger partial charge in [0, 0.05) is 10.0 Å². The number of benzene rings is 2. The van der Waals surface area contributed by atoms with E-state index in [0.29, 0.717) is 25.9 Å². The van der Waals surface area contributed by atoms with E-state index in [2.05, 4.69) is 37.2 Å². The van der Waals surface area contributed by atoms with Crippen molar-refractivity contribution in [3.05, 3.63) is 56.7 Å². The Hall–Kier alpha value is -1.40. The Kier molecular flexibility index (Phi) is 4.77. The first-order chi connectivity index (χ1) is 9.51. The molecule has 0 spiro atoms. The molecule has 0 aliphatic carbocycles. The number of amides is 1. The molecule has 2 rings (SSSR count). The van der Waals surface area contributed by atoms with Gasteiger partial charge in [-0.25, -0.2) is 4.39 Å². The van der Waals surface area contributed by atoms with E-state index in [1.807, 2.05) is 0 Å². The number of nitrogens with one attached hydrogen (secondary N) is 1. The lowest BCUT2D eigenvalue weighted by molar-refractivity contribution is 0.102. The highest BCUT2D eigenvalue weighted by atomic mass is 79.9. The second-order valence-corrected chi connectivity index (χ2v) is 5.64. The van der Waals surface area contributed by atoms with Crippen molar-refractivity contribution in [2.45, 2.75) is 0 Å². The maximum absolute atomic E-state index is 13.0. The fourth-order valence-electron chi connectivity index (χ4n) is 1.59. The van der Waals surface area contributed by atoms with E-state index >= 15 is 0 Å². The number of hydrogen-bond acceptors (Lipinski definition) is 2. The van der Waals surface area contributed by atoms with E-state index < -0.39 is 0 Å². The molecule has 2 aromatic rings. The molecule has 104 valence electrons. The van der Waals surface area contributed by atoms with Crippen LogP contribution in [-0.4, -0.2) is 13.0 Å². The Morgan fingerprint density at radius 1 is 1.15 bits per heavy atom. The van der Waals surface area contributed by atoms with Crippen LogP contribution in [0.1, 0.15) is 10.4 Å². The van der Waals surface area contributed by atoms with Crippen molar-refractivity contribution >= 4 is 43.5 Å². The van der Waals surface area contributed by atoms with Crippen LogP contribution in [0.25, 0.3) is 0 Å². The van der Waals surface area contributed by atoms with Gasteiger partial charge in [0.2, 0.25) is 0 Å². The second kappa shape index (κ2) is 6.37. The summed E-state index contributed by atoms with van der Waals surface area (Å²) in [6.45, 7) is 0. The number of rotatable bonds is 3. The third-order valence-electron chi connectivity index (χ3n) is 2.59. The number of methoxy groups -OCH3 is 1. The van der Waals surface area contributed by atoms with Gasteiger partial charge in [0.05, 0.1) is 17.3 Å². The van der Waals surface area contributed by atoms with Gasteiger partial charge in [-0.2, -0.15) is 0 Å². The molecule has 2 aromatic carbocycles. The van der Waals surface area contributed by atoms with Gasteiger partial charge in [-0.3, -0.25) is 4.79 Å². The van der Waals surface area contributed by atoms with E-state index in [-0.39, 0.29) is 11.7 Å². The predicted molar refractivity (Wildman–Crippen MR) is 82.7 cm³/mol. The number of ether oxygens (including phenoxy) is 1. The fourth-order valence-corrected chi connectivity index (χ4v) is 2.58. The fraction of sp³-hybridized carbons (Fsp3) is 0.0714. The number of carbonyl (C=O) groups excluding carboxylic acids is 1. The molecule has 0 unspecified atom stereocenters. The zero-order valence-electron chi connectivity index (χ0n) is 10.4. The first kappa shape index (κ1) is 15.0. The van der Waals surface area contributed by atoms with E-state index in [4.69, 9.17) is 4.74 Å². The lowest BCUT2D eigenvalue weighted by Gasteiger charge is -2.09. The van der Waals surface area contributed by atoms with Gasteiger partial charge >= 0.3 is 0 Å². The molecule has 3 nitrogen and oxygen atoms in total. The zero-order chi connectivity index (χ0) is 14.7. The Morgan fingerprint density at radius 3 is 2.50 bits per heavy atom. The molecule has 0 bridgehead atoms. The van der Waals surface area contributed by atoms with Crippen LogP contribution in [0.4, 0.5) is 10.1 Å². The molecular weight excluding hydrogens is 393 g/mol. The topological polar surface area (TPSA) is 38.3 Å². The summed E-state index contributed by atoms with van der Waals surface area (Å²) in [5.41, 5.74) is 0.970. The highest BCUT2D eigenvalue weighted by Gasteiger charge is 2.11. The molecule has 0 aromatic heterocycles. The van der Waals surface area contributed by atoms with Crippen LogP contribution in [0.5, 0.6) is 5.75 Å². The maximum atomic E-state index is 13.0. The average Bonchev–Trinajstić information content (AvgIpc) is 2.41. The Balaban J connectivity index is 2.21. The van der Waals surface area contributed by atoms with E-state index in [1.165, 1.54) is 18.2 Å². The van der Waals surface area contributed by atoms with Gasteiger partial charge in [-0.1, -0.05) is 0 Å². The molecule has 1 N–H and O–H groups in total. The highest BCUT2D eigenvalue weighted by Crippen LogP contribution is 2.27. The van der Waals surface area contributed by atoms with Crippen LogP contribution in [-0.2, 0) is 0 Å². The highest BCUT2D eigenvalue weighted by molar-refractivity contribution is 9.11. The molecule has 0 saturated carbocycles. The van der Waals surface area contributed by atoms with Crippen molar-refractivity contribution in [2.24, 2.45) is 0 Å². The maximum Gasteiger partial charge on any atom is 0.255 e. The molecule has 20 heavy (non-hydrogen) atoms. The predicted octanol–water partition coefficient (Wildman–Crippen LogP) is 4.61. The van der Waals surface area contributed by atoms with Crippen LogP contribution >= 0.6 is 31.9 Å². The van der Waals surface area contributed by atoms with E-state index in [0.717, 1.165) is 0 Å². The van der Waals surface area contributed by atoms with Crippen LogP contribution in [0.3, 0.4) is 0 Å². The molecular formula is C14H10Br2FNO2. The molecule has 0 aliphatic rings. The Labute approximate surface area is 132 Å². The van der Waals surface area contributed by atoms with Crippen LogP contribution < -0.4 is 10.1 Å². The molecule has 0 aliphatic heterocycles. The minimum atomic E-state index is -0.373. The van der Waals surface area contributed by atoms with Crippen LogP contribution in [0, 0.1) is 5.82 Å². The summed E-state index contributed by atoms with van der Waals surface area (Å²) in [6.07, 6.45) is 0. The summed E-state index contributed by atoms with van der Waals surface area (Å²) >= 11 is 6.52. The summed E-state index contributed by atoms with van der Waals surface area (Å²) in [5.74, 6) is -0.0211. The number of hydrogen-bond donors (Lipinski definition) is 1. The van der Waals surface area contributed by atoms with Gasteiger partial charge < -0.3 is 10.1 Å². The molecule has 0 fully saturated rings. The lowest BCUT2D eigenvalue weighted by Crippen LogP contribution is -2.12. The van der Waals surface area contributed by atoms with Crippen LogP contribution in [0.2, 0.25) is 0 Å². The van der Waals surface area contributed by atoms with Crippen molar-refractivity contribution in [2.75, 3.05) is 12.4 Å². The second-order valence-electron chi connectivity index (χ2n) is 3.93. The number of anilines is 1. The summed E-state index contributed by atoms with van der Waals surface area (Å²) in [5, 5.41) is 2.70. The Bertz CT molecular complexity index is 662. The molecule has 6 heteroatoms. The lowest BCUT2D eigenvalue weighted by atomic mass is 10.2. The minimum absolute atomic E-state index is 0.291. The van der Waals surface area contributed by atoms with Crippen LogP contribution in [0.15, 0.2) is 45.3 Å². The third kappa shape index (κ3) is 3.37. The third-order valence-corrected chi connectivity index (χ3v) is 3.87. The molecule has 0 saturated heterocycles. The summed E-state index contributed by atoms with van der Waals surface area (Å²) in [4.78, 5) is 12.1. The largest absolute Gasteiger partial charge is 0.496 e. The van der Waals surface area contributed by atoms with Crippen molar-refractivity contribution in [3.8, 4) is 5.75 Å². The Morgan fingerprint density at radius 2 is 1.90 bits per heavy atom. The standard InChI is InChI=1S/C14H10Br2FNO2/c1-20-13-5-2-8(6-11(13)16)14(19)18-12-4-3-9(17)7-10(12)15/h2-7H,1H3,(H,18,19). The first-order valence-corrected chi connectivity index (χ1v) is 7.20. The van der Waals surface area contributed by atoms with Crippen molar-refractivity contribution in [3.63, 3.8) is 0 Å². The smallest absolute Gasteiger partial charge is 0.255 e. The first-order valence-electron chi connectivity index (χ1n) is 5.61. The summed E-state index contributed by atoms with van der Waals surface area (Å²) < 4.78 is 19.3. The molecule has 1 amide bonds. The van der Waals surface area contributed by atoms with E-state index in [9.17, 15) is 9.18 Å². The molecule has 0 radical (unpaired) electrons. The normalized spacial score (nSPS) is 10.2. The average molecular weight is 403 g/mol. The summed E-state index contributed by atoms with van der Waals surface area (Å²) in [6, 6.07) is 9.07. The van der Waals surface area contributed by atoms with Crippen molar-refractivity contribution < 1.29 is 13.9 Å². The minimum Gasteiger partial charge on any atom is -0.496 e. The molecule has 0 heterocycles. The van der Waals surface area contributed by atoms with E-state index in [1.54, 1.807) is 25.3 Å². The van der Waals surface area contributed by atoms with Gasteiger partial charge in [0.25, 0.3) is 5.91 Å². The summed E-state index contributed by atoms with van der Waals surface area (Å²) in [7, 11) is 1.55. The SMILES string of the molecule is COc1ccc(C(=O)Nc2ccc(F)cc2Br)cc1Br. The van der Waals surface area contributed by atoms with Gasteiger partial charge in [-0.15, -0.1) is 0 Å². The van der Waals surface area contributed by atoms with Gasteiger partial charge in [0.1, 0.15) is 11.6 Å². The monoisotopic (exact) mass is 401 g/mol. The van der Waals surface area contributed by atoms with Gasteiger partial charge in [0.15, 0.2) is 0 Å². The van der Waals surface area contributed by atoms with Crippen molar-refractivity contribution in [1.82, 2.24) is 0 Å².